The summed E-state index contributed by atoms with van der Waals surface area (Å²) in [5.74, 6) is 1.72. The van der Waals surface area contributed by atoms with Crippen molar-refractivity contribution in [3.63, 3.8) is 0 Å². The van der Waals surface area contributed by atoms with E-state index in [0.29, 0.717) is 13.1 Å². The number of rotatable bonds is 2. The molecule has 0 spiro atoms. The van der Waals surface area contributed by atoms with Gasteiger partial charge in [0.1, 0.15) is 10.7 Å². The molecule has 0 radical (unpaired) electrons. The molecule has 0 atom stereocenters. The van der Waals surface area contributed by atoms with Gasteiger partial charge in [0.2, 0.25) is 5.65 Å². The minimum absolute atomic E-state index is 0.0686. The number of anilines is 1. The van der Waals surface area contributed by atoms with Crippen LogP contribution in [0, 0.1) is 13.8 Å². The molecule has 1 aliphatic heterocycles. The van der Waals surface area contributed by atoms with Gasteiger partial charge in [-0.05, 0) is 13.8 Å². The van der Waals surface area contributed by atoms with Gasteiger partial charge in [-0.1, -0.05) is 0 Å². The first kappa shape index (κ1) is 15.0. The van der Waals surface area contributed by atoms with Crippen molar-refractivity contribution in [1.82, 2.24) is 29.5 Å². The Morgan fingerprint density at radius 2 is 1.92 bits per heavy atom. The van der Waals surface area contributed by atoms with E-state index in [-0.39, 0.29) is 5.91 Å². The number of hydrogen-bond acceptors (Lipinski definition) is 7. The molecule has 0 N–H and O–H groups in total. The maximum atomic E-state index is 12.6. The lowest BCUT2D eigenvalue weighted by molar-refractivity contribution is 0.0750. The van der Waals surface area contributed by atoms with E-state index in [1.54, 1.807) is 11.7 Å². The van der Waals surface area contributed by atoms with Crippen molar-refractivity contribution in [1.29, 1.82) is 0 Å². The van der Waals surface area contributed by atoms with Crippen molar-refractivity contribution in [2.75, 3.05) is 31.1 Å². The van der Waals surface area contributed by atoms with Gasteiger partial charge in [-0.25, -0.2) is 9.97 Å². The Morgan fingerprint density at radius 3 is 2.62 bits per heavy atom. The van der Waals surface area contributed by atoms with Crippen molar-refractivity contribution in [3.8, 4) is 0 Å². The molecule has 9 heteroatoms. The molecule has 0 saturated carbocycles. The molecule has 3 aromatic rings. The Balaban J connectivity index is 1.52. The van der Waals surface area contributed by atoms with Gasteiger partial charge in [-0.15, -0.1) is 21.5 Å². The molecule has 4 rings (SSSR count). The normalized spacial score (nSPS) is 15.2. The zero-order valence-electron chi connectivity index (χ0n) is 13.5. The molecule has 1 saturated heterocycles. The van der Waals surface area contributed by atoms with Crippen LogP contribution in [-0.4, -0.2) is 61.6 Å². The Kier molecular flexibility index (Phi) is 3.64. The van der Waals surface area contributed by atoms with Crippen LogP contribution in [0.25, 0.3) is 5.65 Å². The molecule has 0 aromatic carbocycles. The number of nitrogens with zero attached hydrogens (tertiary/aromatic N) is 7. The second kappa shape index (κ2) is 5.82. The van der Waals surface area contributed by atoms with Gasteiger partial charge in [0, 0.05) is 38.6 Å². The number of piperazine rings is 1. The monoisotopic (exact) mass is 343 g/mol. The molecule has 4 heterocycles. The highest BCUT2D eigenvalue weighted by Gasteiger charge is 2.26. The van der Waals surface area contributed by atoms with E-state index in [4.69, 9.17) is 0 Å². The van der Waals surface area contributed by atoms with Gasteiger partial charge >= 0.3 is 0 Å². The van der Waals surface area contributed by atoms with Crippen LogP contribution < -0.4 is 4.90 Å². The smallest absolute Gasteiger partial charge is 0.265 e. The molecule has 0 bridgehead atoms. The maximum absolute atomic E-state index is 12.6. The van der Waals surface area contributed by atoms with Crippen LogP contribution in [-0.2, 0) is 0 Å². The highest BCUT2D eigenvalue weighted by atomic mass is 32.1. The summed E-state index contributed by atoms with van der Waals surface area (Å²) in [5, 5.41) is 8.34. The number of hydrogen-bond donors (Lipinski definition) is 0. The van der Waals surface area contributed by atoms with Crippen molar-refractivity contribution in [2.45, 2.75) is 13.8 Å². The van der Waals surface area contributed by atoms with E-state index in [0.717, 1.165) is 41.0 Å². The molecule has 1 amide bonds. The van der Waals surface area contributed by atoms with Gasteiger partial charge in [-0.3, -0.25) is 9.20 Å². The van der Waals surface area contributed by atoms with E-state index >= 15 is 0 Å². The zero-order valence-corrected chi connectivity index (χ0v) is 14.3. The van der Waals surface area contributed by atoms with E-state index < -0.39 is 0 Å². The first-order valence-electron chi connectivity index (χ1n) is 7.76. The van der Waals surface area contributed by atoms with Gasteiger partial charge in [0.25, 0.3) is 5.91 Å². The summed E-state index contributed by atoms with van der Waals surface area (Å²) < 4.78 is 1.93. The van der Waals surface area contributed by atoms with Crippen LogP contribution >= 0.6 is 11.3 Å². The SMILES string of the molecule is Cc1ncsc1C(=O)N1CCN(c2nccn3c(C)nnc23)CC1. The Bertz CT molecular complexity index is 894. The number of carbonyl (C=O) groups is 1. The largest absolute Gasteiger partial charge is 0.350 e. The highest BCUT2D eigenvalue weighted by molar-refractivity contribution is 7.11. The predicted molar refractivity (Wildman–Crippen MR) is 90.5 cm³/mol. The quantitative estimate of drug-likeness (QED) is 0.695. The summed E-state index contributed by atoms with van der Waals surface area (Å²) in [6.45, 7) is 6.55. The van der Waals surface area contributed by atoms with E-state index in [2.05, 4.69) is 25.1 Å². The van der Waals surface area contributed by atoms with Gasteiger partial charge in [0.05, 0.1) is 11.2 Å². The topological polar surface area (TPSA) is 79.5 Å². The number of thiazole rings is 1. The zero-order chi connectivity index (χ0) is 16.7. The third kappa shape index (κ3) is 2.41. The molecule has 0 aliphatic carbocycles. The molecule has 1 fully saturated rings. The summed E-state index contributed by atoms with van der Waals surface area (Å²) in [5.41, 5.74) is 3.28. The van der Waals surface area contributed by atoms with Crippen molar-refractivity contribution in [2.24, 2.45) is 0 Å². The molecular formula is C15H17N7OS. The van der Waals surface area contributed by atoms with Gasteiger partial charge in [0.15, 0.2) is 5.82 Å². The third-order valence-corrected chi connectivity index (χ3v) is 5.20. The summed E-state index contributed by atoms with van der Waals surface area (Å²) in [4.78, 5) is 26.0. The van der Waals surface area contributed by atoms with Gasteiger partial charge < -0.3 is 9.80 Å². The minimum atomic E-state index is 0.0686. The number of aromatic nitrogens is 5. The van der Waals surface area contributed by atoms with Crippen LogP contribution in [0.3, 0.4) is 0 Å². The average molecular weight is 343 g/mol. The summed E-state index contributed by atoms with van der Waals surface area (Å²) in [6.07, 6.45) is 3.62. The number of aryl methyl sites for hydroxylation is 2. The van der Waals surface area contributed by atoms with Crippen LogP contribution in [0.4, 0.5) is 5.82 Å². The third-order valence-electron chi connectivity index (χ3n) is 4.29. The average Bonchev–Trinajstić information content (AvgIpc) is 3.20. The van der Waals surface area contributed by atoms with Crippen LogP contribution in [0.5, 0.6) is 0 Å². The Labute approximate surface area is 142 Å². The van der Waals surface area contributed by atoms with E-state index in [1.165, 1.54) is 11.3 Å². The number of fused-ring (bicyclic) bond motifs is 1. The predicted octanol–water partition coefficient (Wildman–Crippen LogP) is 1.16. The minimum Gasteiger partial charge on any atom is -0.350 e. The van der Waals surface area contributed by atoms with Crippen molar-refractivity contribution in [3.05, 3.63) is 34.3 Å². The molecule has 24 heavy (non-hydrogen) atoms. The first-order chi connectivity index (χ1) is 11.6. The molecular weight excluding hydrogens is 326 g/mol. The van der Waals surface area contributed by atoms with E-state index in [1.807, 2.05) is 29.3 Å². The second-order valence-electron chi connectivity index (χ2n) is 5.74. The fraction of sp³-hybridized carbons (Fsp3) is 0.400. The molecule has 124 valence electrons. The number of carbonyl (C=O) groups excluding carboxylic acids is 1. The lowest BCUT2D eigenvalue weighted by Gasteiger charge is -2.35. The number of amides is 1. The maximum Gasteiger partial charge on any atom is 0.265 e. The Hall–Kier alpha value is -2.55. The molecule has 3 aromatic heterocycles. The molecule has 0 unspecified atom stereocenters. The fourth-order valence-electron chi connectivity index (χ4n) is 2.92. The lowest BCUT2D eigenvalue weighted by atomic mass is 10.2. The molecule has 8 nitrogen and oxygen atoms in total. The van der Waals surface area contributed by atoms with Crippen LogP contribution in [0.1, 0.15) is 21.2 Å². The lowest BCUT2D eigenvalue weighted by Crippen LogP contribution is -2.49. The summed E-state index contributed by atoms with van der Waals surface area (Å²) in [7, 11) is 0. The van der Waals surface area contributed by atoms with Gasteiger partial charge in [-0.2, -0.15) is 0 Å². The van der Waals surface area contributed by atoms with Crippen LogP contribution in [0.15, 0.2) is 17.9 Å². The van der Waals surface area contributed by atoms with Crippen LogP contribution in [0.2, 0.25) is 0 Å². The summed E-state index contributed by atoms with van der Waals surface area (Å²) >= 11 is 1.40. The standard InChI is InChI=1S/C15H17N7OS/c1-10-12(24-9-17-10)15(23)21-7-5-20(6-8-21)13-14-19-18-11(2)22(14)4-3-16-13/h3-4,9H,5-8H2,1-2H3. The summed E-state index contributed by atoms with van der Waals surface area (Å²) in [6, 6.07) is 0. The van der Waals surface area contributed by atoms with E-state index in [9.17, 15) is 4.79 Å². The fourth-order valence-corrected chi connectivity index (χ4v) is 3.69. The second-order valence-corrected chi connectivity index (χ2v) is 6.59. The molecule has 1 aliphatic rings. The Morgan fingerprint density at radius 1 is 1.12 bits per heavy atom. The van der Waals surface area contributed by atoms with Crippen molar-refractivity contribution < 1.29 is 4.79 Å². The first-order valence-corrected chi connectivity index (χ1v) is 8.64. The van der Waals surface area contributed by atoms with Crippen molar-refractivity contribution >= 4 is 28.7 Å². The highest BCUT2D eigenvalue weighted by Crippen LogP contribution is 2.21.